The van der Waals surface area contributed by atoms with Crippen LogP contribution in [0.2, 0.25) is 0 Å². The van der Waals surface area contributed by atoms with Crippen molar-refractivity contribution < 1.29 is 24.0 Å². The molecule has 0 aliphatic heterocycles. The van der Waals surface area contributed by atoms with Crippen LogP contribution in [0.4, 0.5) is 11.4 Å². The number of rotatable bonds is 10. The lowest BCUT2D eigenvalue weighted by molar-refractivity contribution is -0.384. The molecule has 0 unspecified atom stereocenters. The Hall–Kier alpha value is -3.46. The van der Waals surface area contributed by atoms with Crippen LogP contribution in [0, 0.1) is 17.0 Å². The van der Waals surface area contributed by atoms with Gasteiger partial charge in [0.05, 0.1) is 17.1 Å². The van der Waals surface area contributed by atoms with E-state index in [1.54, 1.807) is 0 Å². The number of amides is 1. The smallest absolute Gasteiger partial charge is 0.339 e. The Bertz CT molecular complexity index is 898. The van der Waals surface area contributed by atoms with Crippen LogP contribution in [0.5, 0.6) is 0 Å². The van der Waals surface area contributed by atoms with E-state index in [-0.39, 0.29) is 16.9 Å². The zero-order chi connectivity index (χ0) is 22.1. The van der Waals surface area contributed by atoms with Crippen LogP contribution < -0.4 is 10.6 Å². The summed E-state index contributed by atoms with van der Waals surface area (Å²) in [5.74, 6) is -1.28. The Morgan fingerprint density at radius 3 is 2.50 bits per heavy atom. The summed E-state index contributed by atoms with van der Waals surface area (Å²) < 4.78 is 10.1. The molecule has 9 nitrogen and oxygen atoms in total. The summed E-state index contributed by atoms with van der Waals surface area (Å²) in [4.78, 5) is 35.3. The third-order valence-corrected chi connectivity index (χ3v) is 4.29. The van der Waals surface area contributed by atoms with Crippen molar-refractivity contribution in [2.75, 3.05) is 25.6 Å². The van der Waals surface area contributed by atoms with Gasteiger partial charge in [0.15, 0.2) is 6.10 Å². The van der Waals surface area contributed by atoms with Crippen molar-refractivity contribution in [3.63, 3.8) is 0 Å². The van der Waals surface area contributed by atoms with Crippen molar-refractivity contribution in [1.82, 2.24) is 5.32 Å². The number of nitrogens with one attached hydrogen (secondary N) is 2. The quantitative estimate of drug-likeness (QED) is 0.265. The number of benzene rings is 2. The zero-order valence-corrected chi connectivity index (χ0v) is 17.1. The average Bonchev–Trinajstić information content (AvgIpc) is 2.73. The fraction of sp³-hybridized carbons (Fsp3) is 0.333. The molecule has 2 aromatic carbocycles. The van der Waals surface area contributed by atoms with Crippen LogP contribution in [0.1, 0.15) is 28.4 Å². The highest BCUT2D eigenvalue weighted by molar-refractivity contribution is 5.93. The van der Waals surface area contributed by atoms with E-state index >= 15 is 0 Å². The summed E-state index contributed by atoms with van der Waals surface area (Å²) in [6.45, 7) is 4.46. The first-order valence-corrected chi connectivity index (χ1v) is 9.37. The van der Waals surface area contributed by atoms with Crippen molar-refractivity contribution in [2.24, 2.45) is 0 Å². The summed E-state index contributed by atoms with van der Waals surface area (Å²) in [6.07, 6.45) is -1.05. The lowest BCUT2D eigenvalue weighted by Crippen LogP contribution is -2.35. The third-order valence-electron chi connectivity index (χ3n) is 4.29. The first-order chi connectivity index (χ1) is 14.3. The van der Waals surface area contributed by atoms with Crippen LogP contribution in [-0.4, -0.2) is 43.2 Å². The fourth-order valence-electron chi connectivity index (χ4n) is 2.57. The van der Waals surface area contributed by atoms with E-state index in [9.17, 15) is 19.7 Å². The molecule has 0 aliphatic rings. The normalized spacial score (nSPS) is 11.4. The number of aryl methyl sites for hydroxylation is 1. The van der Waals surface area contributed by atoms with Gasteiger partial charge in [-0.2, -0.15) is 0 Å². The lowest BCUT2D eigenvalue weighted by atomic mass is 10.1. The molecule has 0 bridgehead atoms. The predicted octanol–water partition coefficient (Wildman–Crippen LogP) is 2.82. The van der Waals surface area contributed by atoms with E-state index in [4.69, 9.17) is 9.47 Å². The fourth-order valence-corrected chi connectivity index (χ4v) is 2.57. The minimum atomic E-state index is -1.05. The number of nitro benzene ring substituents is 1. The first kappa shape index (κ1) is 22.8. The van der Waals surface area contributed by atoms with Crippen LogP contribution in [0.3, 0.4) is 0 Å². The second-order valence-corrected chi connectivity index (χ2v) is 6.66. The van der Waals surface area contributed by atoms with Gasteiger partial charge in [-0.05, 0) is 31.5 Å². The SMILES string of the molecule is COCCNc1ccc(C(=O)O[C@H](C)C(=O)NCc2ccc(C)cc2)cc1[N+](=O)[O-]. The Morgan fingerprint density at radius 2 is 1.87 bits per heavy atom. The largest absolute Gasteiger partial charge is 0.449 e. The topological polar surface area (TPSA) is 120 Å². The minimum absolute atomic E-state index is 0.0165. The van der Waals surface area contributed by atoms with Gasteiger partial charge in [0.2, 0.25) is 0 Å². The van der Waals surface area contributed by atoms with Gasteiger partial charge in [-0.15, -0.1) is 0 Å². The number of hydrogen-bond donors (Lipinski definition) is 2. The van der Waals surface area contributed by atoms with Crippen molar-refractivity contribution in [1.29, 1.82) is 0 Å². The molecule has 2 rings (SSSR count). The Balaban J connectivity index is 1.97. The molecule has 0 heterocycles. The van der Waals surface area contributed by atoms with Crippen molar-refractivity contribution in [2.45, 2.75) is 26.5 Å². The summed E-state index contributed by atoms with van der Waals surface area (Å²) >= 11 is 0. The van der Waals surface area contributed by atoms with Crippen LogP contribution >= 0.6 is 0 Å². The Kier molecular flexibility index (Phi) is 8.30. The number of carbonyl (C=O) groups is 2. The molecule has 0 saturated carbocycles. The van der Waals surface area contributed by atoms with E-state index in [1.165, 1.54) is 26.2 Å². The average molecular weight is 415 g/mol. The monoisotopic (exact) mass is 415 g/mol. The van der Waals surface area contributed by atoms with Gasteiger partial charge < -0.3 is 20.1 Å². The van der Waals surface area contributed by atoms with Gasteiger partial charge in [0, 0.05) is 26.3 Å². The summed E-state index contributed by atoms with van der Waals surface area (Å²) in [7, 11) is 1.52. The standard InChI is InChI=1S/C21H25N3O6/c1-14-4-6-16(7-5-14)13-23-20(25)15(2)30-21(26)17-8-9-18(22-10-11-29-3)19(12-17)24(27)28/h4-9,12,15,22H,10-11,13H2,1-3H3,(H,23,25)/t15-/m1/s1. The molecule has 2 aromatic rings. The predicted molar refractivity (Wildman–Crippen MR) is 111 cm³/mol. The number of carbonyl (C=O) groups excluding carboxylic acids is 2. The molecule has 160 valence electrons. The first-order valence-electron chi connectivity index (χ1n) is 9.37. The van der Waals surface area contributed by atoms with Gasteiger partial charge in [-0.1, -0.05) is 29.8 Å². The molecule has 0 saturated heterocycles. The molecule has 0 radical (unpaired) electrons. The van der Waals surface area contributed by atoms with Crippen LogP contribution in [-0.2, 0) is 20.8 Å². The minimum Gasteiger partial charge on any atom is -0.449 e. The molecule has 9 heteroatoms. The Morgan fingerprint density at radius 1 is 1.17 bits per heavy atom. The van der Waals surface area contributed by atoms with Gasteiger partial charge in [-0.3, -0.25) is 14.9 Å². The number of hydrogen-bond acceptors (Lipinski definition) is 7. The highest BCUT2D eigenvalue weighted by Crippen LogP contribution is 2.26. The molecular formula is C21H25N3O6. The third kappa shape index (κ3) is 6.56. The number of methoxy groups -OCH3 is 1. The number of nitro groups is 1. The van der Waals surface area contributed by atoms with E-state index in [1.807, 2.05) is 31.2 Å². The van der Waals surface area contributed by atoms with Crippen LogP contribution in [0.15, 0.2) is 42.5 Å². The molecule has 1 atom stereocenters. The summed E-state index contributed by atoms with van der Waals surface area (Å²) in [5.41, 5.74) is 2.01. The molecule has 2 N–H and O–H groups in total. The van der Waals surface area contributed by atoms with Gasteiger partial charge >= 0.3 is 5.97 Å². The number of nitrogens with zero attached hydrogens (tertiary/aromatic N) is 1. The zero-order valence-electron chi connectivity index (χ0n) is 17.1. The molecule has 0 aromatic heterocycles. The number of esters is 1. The number of ether oxygens (including phenoxy) is 2. The van der Waals surface area contributed by atoms with E-state index < -0.39 is 22.9 Å². The number of anilines is 1. The van der Waals surface area contributed by atoms with Gasteiger partial charge in [0.25, 0.3) is 11.6 Å². The highest BCUT2D eigenvalue weighted by atomic mass is 16.6. The molecule has 1 amide bonds. The highest BCUT2D eigenvalue weighted by Gasteiger charge is 2.22. The molecule has 0 spiro atoms. The molecule has 0 aliphatic carbocycles. The van der Waals surface area contributed by atoms with Crippen LogP contribution in [0.25, 0.3) is 0 Å². The maximum Gasteiger partial charge on any atom is 0.339 e. The van der Waals surface area contributed by atoms with Gasteiger partial charge in [0.1, 0.15) is 5.69 Å². The summed E-state index contributed by atoms with van der Waals surface area (Å²) in [6, 6.07) is 11.6. The van der Waals surface area contributed by atoms with Crippen molar-refractivity contribution in [3.8, 4) is 0 Å². The second-order valence-electron chi connectivity index (χ2n) is 6.66. The van der Waals surface area contributed by atoms with E-state index in [0.717, 1.165) is 17.2 Å². The lowest BCUT2D eigenvalue weighted by Gasteiger charge is -2.14. The van der Waals surface area contributed by atoms with Gasteiger partial charge in [-0.25, -0.2) is 4.79 Å². The Labute approximate surface area is 174 Å². The summed E-state index contributed by atoms with van der Waals surface area (Å²) in [5, 5.41) is 16.9. The van der Waals surface area contributed by atoms with Crippen molar-refractivity contribution in [3.05, 3.63) is 69.3 Å². The maximum absolute atomic E-state index is 12.4. The van der Waals surface area contributed by atoms with Crippen molar-refractivity contribution >= 4 is 23.3 Å². The molecule has 30 heavy (non-hydrogen) atoms. The second kappa shape index (κ2) is 10.9. The van der Waals surface area contributed by atoms with E-state index in [2.05, 4.69) is 10.6 Å². The molecule has 0 fully saturated rings. The molecular weight excluding hydrogens is 390 g/mol. The van der Waals surface area contributed by atoms with E-state index in [0.29, 0.717) is 19.7 Å². The maximum atomic E-state index is 12.4.